The molecule has 0 saturated heterocycles. The van der Waals surface area contributed by atoms with Crippen LogP contribution in [0, 0.1) is 0 Å². The zero-order valence-electron chi connectivity index (χ0n) is 14.7. The Morgan fingerprint density at radius 2 is 1.81 bits per heavy atom. The van der Waals surface area contributed by atoms with Gasteiger partial charge in [0.1, 0.15) is 0 Å². The van der Waals surface area contributed by atoms with Crippen molar-refractivity contribution in [3.8, 4) is 0 Å². The van der Waals surface area contributed by atoms with Crippen LogP contribution in [-0.2, 0) is 0 Å². The molecule has 0 radical (unpaired) electrons. The van der Waals surface area contributed by atoms with Crippen molar-refractivity contribution in [2.24, 2.45) is 0 Å². The summed E-state index contributed by atoms with van der Waals surface area (Å²) in [7, 11) is 3.77. The summed E-state index contributed by atoms with van der Waals surface area (Å²) in [6, 6.07) is 12.6. The standard InChI is InChI=1S/C19H21BrN4O2/c1-24(2)17-10-9-13(11-14(17)18(25)21-12-7-8-12)22-19(26)23-16-6-4-3-5-15(16)20/h3-6,9-12H,7-8H2,1-2H3,(H,21,25)(H2,22,23,26). The van der Waals surface area contributed by atoms with Gasteiger partial charge in [-0.1, -0.05) is 12.1 Å². The highest BCUT2D eigenvalue weighted by molar-refractivity contribution is 9.10. The Labute approximate surface area is 161 Å². The molecule has 1 saturated carbocycles. The van der Waals surface area contributed by atoms with Gasteiger partial charge in [-0.2, -0.15) is 0 Å². The Kier molecular flexibility index (Phi) is 5.46. The predicted octanol–water partition coefficient (Wildman–Crippen LogP) is 4.05. The van der Waals surface area contributed by atoms with E-state index in [0.29, 0.717) is 16.9 Å². The van der Waals surface area contributed by atoms with E-state index in [1.54, 1.807) is 18.2 Å². The number of anilines is 3. The van der Waals surface area contributed by atoms with E-state index in [-0.39, 0.29) is 18.0 Å². The third-order valence-electron chi connectivity index (χ3n) is 4.02. The zero-order valence-corrected chi connectivity index (χ0v) is 16.3. The Bertz CT molecular complexity index is 834. The second-order valence-corrected chi connectivity index (χ2v) is 7.29. The molecule has 0 spiro atoms. The maximum atomic E-state index is 12.5. The van der Waals surface area contributed by atoms with Gasteiger partial charge in [0.05, 0.1) is 11.3 Å². The number of carbonyl (C=O) groups excluding carboxylic acids is 2. The number of hydrogen-bond acceptors (Lipinski definition) is 3. The Morgan fingerprint density at radius 3 is 2.46 bits per heavy atom. The molecule has 0 bridgehead atoms. The van der Waals surface area contributed by atoms with E-state index in [9.17, 15) is 9.59 Å². The van der Waals surface area contributed by atoms with E-state index in [4.69, 9.17) is 0 Å². The second-order valence-electron chi connectivity index (χ2n) is 6.43. The van der Waals surface area contributed by atoms with Crippen LogP contribution in [0.15, 0.2) is 46.9 Å². The first-order chi connectivity index (χ1) is 12.4. The van der Waals surface area contributed by atoms with E-state index in [1.165, 1.54) is 0 Å². The zero-order chi connectivity index (χ0) is 18.7. The number of amides is 3. The van der Waals surface area contributed by atoms with Crippen molar-refractivity contribution in [3.05, 3.63) is 52.5 Å². The summed E-state index contributed by atoms with van der Waals surface area (Å²) in [5, 5.41) is 8.55. The topological polar surface area (TPSA) is 73.5 Å². The molecule has 136 valence electrons. The predicted molar refractivity (Wildman–Crippen MR) is 108 cm³/mol. The highest BCUT2D eigenvalue weighted by Crippen LogP contribution is 2.26. The van der Waals surface area contributed by atoms with Gasteiger partial charge in [0.25, 0.3) is 5.91 Å². The molecule has 0 heterocycles. The fourth-order valence-corrected chi connectivity index (χ4v) is 2.91. The molecule has 0 atom stereocenters. The maximum Gasteiger partial charge on any atom is 0.323 e. The van der Waals surface area contributed by atoms with Gasteiger partial charge in [0, 0.05) is 36.0 Å². The van der Waals surface area contributed by atoms with Crippen LogP contribution in [0.4, 0.5) is 21.9 Å². The largest absolute Gasteiger partial charge is 0.377 e. The molecular weight excluding hydrogens is 396 g/mol. The summed E-state index contributed by atoms with van der Waals surface area (Å²) < 4.78 is 0.794. The van der Waals surface area contributed by atoms with Gasteiger partial charge in [0.2, 0.25) is 0 Å². The summed E-state index contributed by atoms with van der Waals surface area (Å²) in [6.45, 7) is 0. The number of rotatable bonds is 5. The molecule has 2 aromatic carbocycles. The normalized spacial score (nSPS) is 13.0. The quantitative estimate of drug-likeness (QED) is 0.687. The molecule has 0 aromatic heterocycles. The van der Waals surface area contributed by atoms with Crippen LogP contribution < -0.4 is 20.9 Å². The van der Waals surface area contributed by atoms with Crippen LogP contribution in [-0.4, -0.2) is 32.1 Å². The molecule has 2 aromatic rings. The van der Waals surface area contributed by atoms with Gasteiger partial charge in [-0.15, -0.1) is 0 Å². The first kappa shape index (κ1) is 18.3. The Hall–Kier alpha value is -2.54. The first-order valence-electron chi connectivity index (χ1n) is 8.39. The molecule has 1 aliphatic carbocycles. The van der Waals surface area contributed by atoms with Gasteiger partial charge >= 0.3 is 6.03 Å². The molecule has 1 fully saturated rings. The maximum absolute atomic E-state index is 12.5. The summed E-state index contributed by atoms with van der Waals surface area (Å²) in [6.07, 6.45) is 2.05. The highest BCUT2D eigenvalue weighted by atomic mass is 79.9. The average Bonchev–Trinajstić information content (AvgIpc) is 3.40. The molecule has 3 N–H and O–H groups in total. The minimum atomic E-state index is -0.372. The minimum Gasteiger partial charge on any atom is -0.377 e. The molecule has 7 heteroatoms. The summed E-state index contributed by atoms with van der Waals surface area (Å²) in [5.41, 5.74) is 2.57. The number of halogens is 1. The lowest BCUT2D eigenvalue weighted by Gasteiger charge is -2.18. The summed E-state index contributed by atoms with van der Waals surface area (Å²) in [5.74, 6) is -0.119. The van der Waals surface area contributed by atoms with Crippen molar-refractivity contribution in [1.82, 2.24) is 5.32 Å². The first-order valence-corrected chi connectivity index (χ1v) is 9.18. The lowest BCUT2D eigenvalue weighted by molar-refractivity contribution is 0.0951. The van der Waals surface area contributed by atoms with Gasteiger partial charge < -0.3 is 20.9 Å². The minimum absolute atomic E-state index is 0.119. The Morgan fingerprint density at radius 1 is 1.08 bits per heavy atom. The lowest BCUT2D eigenvalue weighted by Crippen LogP contribution is -2.28. The van der Waals surface area contributed by atoms with Crippen molar-refractivity contribution in [1.29, 1.82) is 0 Å². The van der Waals surface area contributed by atoms with E-state index < -0.39 is 0 Å². The third kappa shape index (κ3) is 4.54. The molecule has 3 amide bonds. The number of hydrogen-bond donors (Lipinski definition) is 3. The summed E-state index contributed by atoms with van der Waals surface area (Å²) >= 11 is 3.39. The molecule has 6 nitrogen and oxygen atoms in total. The van der Waals surface area contributed by atoms with E-state index in [2.05, 4.69) is 31.9 Å². The van der Waals surface area contributed by atoms with Gasteiger partial charge in [-0.05, 0) is 59.1 Å². The SMILES string of the molecule is CN(C)c1ccc(NC(=O)Nc2ccccc2Br)cc1C(=O)NC1CC1. The number of urea groups is 1. The number of nitrogens with one attached hydrogen (secondary N) is 3. The van der Waals surface area contributed by atoms with Crippen molar-refractivity contribution in [2.75, 3.05) is 29.6 Å². The monoisotopic (exact) mass is 416 g/mol. The van der Waals surface area contributed by atoms with Crippen LogP contribution >= 0.6 is 15.9 Å². The second kappa shape index (κ2) is 7.78. The van der Waals surface area contributed by atoms with E-state index in [1.807, 2.05) is 43.3 Å². The Balaban J connectivity index is 1.75. The van der Waals surface area contributed by atoms with Crippen LogP contribution in [0.2, 0.25) is 0 Å². The van der Waals surface area contributed by atoms with Crippen LogP contribution in [0.1, 0.15) is 23.2 Å². The number of nitrogens with zero attached hydrogens (tertiary/aromatic N) is 1. The fourth-order valence-electron chi connectivity index (χ4n) is 2.52. The van der Waals surface area contributed by atoms with Gasteiger partial charge in [-0.3, -0.25) is 4.79 Å². The van der Waals surface area contributed by atoms with Crippen molar-refractivity contribution in [2.45, 2.75) is 18.9 Å². The molecule has 26 heavy (non-hydrogen) atoms. The smallest absolute Gasteiger partial charge is 0.323 e. The molecule has 0 aliphatic heterocycles. The van der Waals surface area contributed by atoms with Crippen molar-refractivity contribution >= 4 is 44.9 Å². The van der Waals surface area contributed by atoms with Gasteiger partial charge in [-0.25, -0.2) is 4.79 Å². The van der Waals surface area contributed by atoms with Crippen LogP contribution in [0.5, 0.6) is 0 Å². The summed E-state index contributed by atoms with van der Waals surface area (Å²) in [4.78, 5) is 26.7. The molecular formula is C19H21BrN4O2. The number of carbonyl (C=O) groups is 2. The molecule has 3 rings (SSSR count). The molecule has 1 aliphatic rings. The van der Waals surface area contributed by atoms with Crippen molar-refractivity contribution in [3.63, 3.8) is 0 Å². The van der Waals surface area contributed by atoms with Crippen LogP contribution in [0.3, 0.4) is 0 Å². The molecule has 0 unspecified atom stereocenters. The average molecular weight is 417 g/mol. The van der Waals surface area contributed by atoms with Gasteiger partial charge in [0.15, 0.2) is 0 Å². The highest BCUT2D eigenvalue weighted by Gasteiger charge is 2.25. The van der Waals surface area contributed by atoms with E-state index >= 15 is 0 Å². The number of para-hydroxylation sites is 1. The van der Waals surface area contributed by atoms with Crippen LogP contribution in [0.25, 0.3) is 0 Å². The van der Waals surface area contributed by atoms with Crippen molar-refractivity contribution < 1.29 is 9.59 Å². The fraction of sp³-hybridized carbons (Fsp3) is 0.263. The number of benzene rings is 2. The van der Waals surface area contributed by atoms with E-state index in [0.717, 1.165) is 23.0 Å². The third-order valence-corrected chi connectivity index (χ3v) is 4.71. The lowest BCUT2D eigenvalue weighted by atomic mass is 10.1.